The first-order valence-corrected chi connectivity index (χ1v) is 15.6. The summed E-state index contributed by atoms with van der Waals surface area (Å²) in [4.78, 5) is 27.1. The van der Waals surface area contributed by atoms with Crippen molar-refractivity contribution < 1.29 is 31.2 Å². The molecule has 5 rings (SSSR count). The molecule has 0 spiro atoms. The Morgan fingerprint density at radius 2 is 1.65 bits per heavy atom. The average molecular weight is 602 g/mol. The lowest BCUT2D eigenvalue weighted by atomic mass is 10.00. The number of fused-ring (bicyclic) bond motifs is 3. The van der Waals surface area contributed by atoms with Crippen LogP contribution in [0.1, 0.15) is 34.1 Å². The monoisotopic (exact) mass is 601 g/mol. The van der Waals surface area contributed by atoms with Gasteiger partial charge in [0.15, 0.2) is 5.78 Å². The largest absolute Gasteiger partial charge is 0.450 e. The van der Waals surface area contributed by atoms with Crippen molar-refractivity contribution in [2.75, 3.05) is 13.2 Å². The third kappa shape index (κ3) is 4.87. The molecule has 40 heavy (non-hydrogen) atoms. The number of hydrogen-bond acceptors (Lipinski definition) is 7. The number of nitrogens with zero attached hydrogens (tertiary/aromatic N) is 2. The zero-order valence-corrected chi connectivity index (χ0v) is 23.6. The molecular weight excluding hydrogens is 578 g/mol. The molecule has 13 heteroatoms. The Balaban J connectivity index is 1.70. The minimum Gasteiger partial charge on any atom is -0.450 e. The van der Waals surface area contributed by atoms with Gasteiger partial charge in [-0.25, -0.2) is 30.7 Å². The van der Waals surface area contributed by atoms with Crippen LogP contribution in [0.2, 0.25) is 5.02 Å². The van der Waals surface area contributed by atoms with Crippen molar-refractivity contribution in [1.29, 1.82) is 0 Å². The van der Waals surface area contributed by atoms with Crippen LogP contribution in [0.3, 0.4) is 0 Å². The van der Waals surface area contributed by atoms with Gasteiger partial charge < -0.3 is 9.64 Å². The number of ketones is 1. The fourth-order valence-corrected chi connectivity index (χ4v) is 7.52. The summed E-state index contributed by atoms with van der Waals surface area (Å²) < 4.78 is 58.1. The average Bonchev–Trinajstić information content (AvgIpc) is 3.26. The van der Waals surface area contributed by atoms with Crippen molar-refractivity contribution in [3.63, 3.8) is 0 Å². The van der Waals surface area contributed by atoms with E-state index in [0.717, 1.165) is 6.07 Å². The van der Waals surface area contributed by atoms with E-state index in [9.17, 15) is 26.4 Å². The van der Waals surface area contributed by atoms with Crippen LogP contribution in [0.4, 0.5) is 4.79 Å². The van der Waals surface area contributed by atoms with Gasteiger partial charge >= 0.3 is 6.09 Å². The number of nitrogens with two attached hydrogens (primary N) is 1. The molecule has 10 nitrogen and oxygen atoms in total. The maximum atomic E-state index is 13.9. The summed E-state index contributed by atoms with van der Waals surface area (Å²) in [5, 5.41) is 5.67. The van der Waals surface area contributed by atoms with Gasteiger partial charge in [-0.1, -0.05) is 41.9 Å². The number of amides is 1. The summed E-state index contributed by atoms with van der Waals surface area (Å²) in [6.07, 6.45) is -0.257. The quantitative estimate of drug-likeness (QED) is 0.330. The second-order valence-corrected chi connectivity index (χ2v) is 12.9. The number of carbonyl (C=O) groups is 2. The van der Waals surface area contributed by atoms with Crippen LogP contribution in [0, 0.1) is 0 Å². The number of hydrogen-bond donors (Lipinski definition) is 1. The van der Waals surface area contributed by atoms with Gasteiger partial charge in [0, 0.05) is 40.7 Å². The minimum atomic E-state index is -4.19. The Morgan fingerprint density at radius 3 is 2.33 bits per heavy atom. The molecule has 0 atom stereocenters. The van der Waals surface area contributed by atoms with Crippen LogP contribution in [-0.4, -0.2) is 50.7 Å². The van der Waals surface area contributed by atoms with Crippen molar-refractivity contribution in [2.45, 2.75) is 29.7 Å². The SMILES string of the molecule is CCOC(=O)N1CCc2c(c3ccc(C(=O)c4ccc(Cl)c(S(N)(=O)=O)c4)cc3n2S(=O)(=O)c2ccccc2)C1. The van der Waals surface area contributed by atoms with Gasteiger partial charge in [0.1, 0.15) is 4.90 Å². The lowest BCUT2D eigenvalue weighted by Gasteiger charge is -2.27. The molecule has 1 aromatic heterocycles. The molecule has 1 aliphatic rings. The molecule has 0 radical (unpaired) electrons. The Hall–Kier alpha value is -3.71. The Morgan fingerprint density at radius 1 is 0.975 bits per heavy atom. The number of ether oxygens (including phenoxy) is 1. The van der Waals surface area contributed by atoms with Crippen LogP contribution in [0.25, 0.3) is 10.9 Å². The molecule has 1 aliphatic heterocycles. The predicted octanol–water partition coefficient (Wildman–Crippen LogP) is 3.92. The fourth-order valence-electron chi connectivity index (χ4n) is 4.83. The second-order valence-electron chi connectivity index (χ2n) is 9.13. The molecule has 2 heterocycles. The normalized spacial score (nSPS) is 13.7. The first-order chi connectivity index (χ1) is 18.9. The zero-order chi connectivity index (χ0) is 28.8. The van der Waals surface area contributed by atoms with Crippen LogP contribution in [0.15, 0.2) is 76.5 Å². The molecule has 0 saturated heterocycles. The van der Waals surface area contributed by atoms with Crippen LogP contribution in [0.5, 0.6) is 0 Å². The van der Waals surface area contributed by atoms with E-state index in [1.807, 2.05) is 0 Å². The van der Waals surface area contributed by atoms with Crippen molar-refractivity contribution in [2.24, 2.45) is 5.14 Å². The first-order valence-electron chi connectivity index (χ1n) is 12.2. The van der Waals surface area contributed by atoms with Crippen molar-refractivity contribution in [3.8, 4) is 0 Å². The molecule has 0 unspecified atom stereocenters. The molecule has 3 aromatic carbocycles. The maximum Gasteiger partial charge on any atom is 0.410 e. The molecule has 0 bridgehead atoms. The summed E-state index contributed by atoms with van der Waals surface area (Å²) in [6.45, 7) is 2.29. The summed E-state index contributed by atoms with van der Waals surface area (Å²) in [5.74, 6) is -0.556. The Labute approximate surface area is 236 Å². The van der Waals surface area contributed by atoms with E-state index in [1.165, 1.54) is 45.3 Å². The van der Waals surface area contributed by atoms with Gasteiger partial charge in [-0.15, -0.1) is 0 Å². The van der Waals surface area contributed by atoms with E-state index in [2.05, 4.69) is 0 Å². The maximum absolute atomic E-state index is 13.9. The van der Waals surface area contributed by atoms with Crippen molar-refractivity contribution >= 4 is 54.4 Å². The smallest absolute Gasteiger partial charge is 0.410 e. The molecule has 0 aliphatic carbocycles. The minimum absolute atomic E-state index is 0.00930. The summed E-state index contributed by atoms with van der Waals surface area (Å²) in [7, 11) is -8.28. The first kappa shape index (κ1) is 27.8. The van der Waals surface area contributed by atoms with Crippen molar-refractivity contribution in [3.05, 3.63) is 94.1 Å². The van der Waals surface area contributed by atoms with Gasteiger partial charge in [0.25, 0.3) is 10.0 Å². The zero-order valence-electron chi connectivity index (χ0n) is 21.2. The van der Waals surface area contributed by atoms with Gasteiger partial charge in [-0.05, 0) is 43.3 Å². The highest BCUT2D eigenvalue weighted by atomic mass is 35.5. The van der Waals surface area contributed by atoms with Crippen LogP contribution < -0.4 is 5.14 Å². The lowest BCUT2D eigenvalue weighted by molar-refractivity contribution is 0.102. The number of primary sulfonamides is 1. The number of aromatic nitrogens is 1. The predicted molar refractivity (Wildman–Crippen MR) is 148 cm³/mol. The fraction of sp³-hybridized carbons (Fsp3) is 0.185. The highest BCUT2D eigenvalue weighted by molar-refractivity contribution is 7.90. The van der Waals surface area contributed by atoms with E-state index in [0.29, 0.717) is 16.6 Å². The van der Waals surface area contributed by atoms with Gasteiger partial charge in [0.05, 0.1) is 28.6 Å². The molecule has 2 N–H and O–H groups in total. The number of rotatable bonds is 6. The molecule has 0 saturated carbocycles. The number of halogens is 1. The van der Waals surface area contributed by atoms with Crippen LogP contribution >= 0.6 is 11.6 Å². The topological polar surface area (TPSA) is 146 Å². The standard InChI is InChI=1S/C27H24ClN3O7S2/c1-2-38-27(33)30-13-12-23-21(16-30)20-10-8-17(26(32)18-9-11-22(28)25(15-18)39(29,34)35)14-24(20)31(23)40(36,37)19-6-4-3-5-7-19/h3-11,14-15H,2,12-13,16H2,1H3,(H2,29,34,35). The summed E-state index contributed by atoms with van der Waals surface area (Å²) in [5.41, 5.74) is 1.53. The number of benzene rings is 3. The summed E-state index contributed by atoms with van der Waals surface area (Å²) >= 11 is 5.97. The Bertz CT molecular complexity index is 1890. The van der Waals surface area contributed by atoms with Gasteiger partial charge in [-0.3, -0.25) is 4.79 Å². The lowest BCUT2D eigenvalue weighted by Crippen LogP contribution is -2.37. The van der Waals surface area contributed by atoms with E-state index in [4.69, 9.17) is 21.5 Å². The highest BCUT2D eigenvalue weighted by Gasteiger charge is 2.32. The molecule has 1 amide bonds. The summed E-state index contributed by atoms with van der Waals surface area (Å²) in [6, 6.07) is 16.2. The molecule has 4 aromatic rings. The van der Waals surface area contributed by atoms with E-state index in [-0.39, 0.29) is 52.7 Å². The number of sulfonamides is 1. The van der Waals surface area contributed by atoms with Crippen LogP contribution in [-0.2, 0) is 37.7 Å². The van der Waals surface area contributed by atoms with E-state index < -0.39 is 36.8 Å². The third-order valence-electron chi connectivity index (χ3n) is 6.67. The number of carbonyl (C=O) groups excluding carboxylic acids is 2. The molecule has 0 fully saturated rings. The van der Waals surface area contributed by atoms with E-state index >= 15 is 0 Å². The third-order valence-corrected chi connectivity index (χ3v) is 9.83. The van der Waals surface area contributed by atoms with Crippen molar-refractivity contribution in [1.82, 2.24) is 8.87 Å². The second kappa shape index (κ2) is 10.4. The van der Waals surface area contributed by atoms with E-state index in [1.54, 1.807) is 31.2 Å². The molecule has 208 valence electrons. The molecular formula is C27H24ClN3O7S2. The van der Waals surface area contributed by atoms with Gasteiger partial charge in [0.2, 0.25) is 10.0 Å². The van der Waals surface area contributed by atoms with Gasteiger partial charge in [-0.2, -0.15) is 0 Å². The highest BCUT2D eigenvalue weighted by Crippen LogP contribution is 2.35. The Kier molecular flexibility index (Phi) is 7.21.